The first kappa shape index (κ1) is 14.1. The average molecular weight is 272 g/mol. The molecule has 0 fully saturated rings. The number of aryl methyl sites for hydroxylation is 1. The molecule has 0 saturated carbocycles. The maximum Gasteiger partial charge on any atom is 0.253 e. The van der Waals surface area contributed by atoms with E-state index in [1.165, 1.54) is 12.1 Å². The van der Waals surface area contributed by atoms with Crippen LogP contribution in [0.25, 0.3) is 0 Å². The fraction of sp³-hybridized carbons (Fsp3) is 0.188. The Kier molecular flexibility index (Phi) is 4.03. The number of nitrogens with two attached hydrogens (primary N) is 1. The zero-order chi connectivity index (χ0) is 14.7. The fourth-order valence-corrected chi connectivity index (χ4v) is 2.02. The molecule has 0 aromatic heterocycles. The highest BCUT2D eigenvalue weighted by molar-refractivity contribution is 5.99. The predicted molar refractivity (Wildman–Crippen MR) is 77.9 cm³/mol. The van der Waals surface area contributed by atoms with Gasteiger partial charge in [0.25, 0.3) is 5.91 Å². The minimum atomic E-state index is -0.479. The van der Waals surface area contributed by atoms with Crippen molar-refractivity contribution in [2.24, 2.45) is 0 Å². The number of hydrogen-bond acceptors (Lipinski definition) is 2. The van der Waals surface area contributed by atoms with Crippen LogP contribution >= 0.6 is 0 Å². The molecule has 2 rings (SSSR count). The van der Waals surface area contributed by atoms with Gasteiger partial charge in [0.1, 0.15) is 5.82 Å². The first-order valence-corrected chi connectivity index (χ1v) is 6.40. The van der Waals surface area contributed by atoms with Gasteiger partial charge in [-0.3, -0.25) is 4.79 Å². The normalized spacial score (nSPS) is 11.9. The molecule has 0 spiro atoms. The summed E-state index contributed by atoms with van der Waals surface area (Å²) in [5.41, 5.74) is 8.24. The maximum atomic E-state index is 13.2. The van der Waals surface area contributed by atoms with Gasteiger partial charge in [0.05, 0.1) is 11.6 Å². The van der Waals surface area contributed by atoms with Crippen LogP contribution in [-0.4, -0.2) is 5.91 Å². The van der Waals surface area contributed by atoms with Crippen molar-refractivity contribution < 1.29 is 9.18 Å². The van der Waals surface area contributed by atoms with E-state index < -0.39 is 5.82 Å². The molecule has 3 nitrogen and oxygen atoms in total. The molecule has 2 aromatic carbocycles. The van der Waals surface area contributed by atoms with Crippen molar-refractivity contribution in [2.75, 3.05) is 5.73 Å². The molecule has 1 atom stereocenters. The van der Waals surface area contributed by atoms with Crippen molar-refractivity contribution in [1.82, 2.24) is 5.32 Å². The van der Waals surface area contributed by atoms with Crippen LogP contribution in [0.1, 0.15) is 34.5 Å². The first-order valence-electron chi connectivity index (χ1n) is 6.40. The monoisotopic (exact) mass is 272 g/mol. The minimum Gasteiger partial charge on any atom is -0.398 e. The van der Waals surface area contributed by atoms with Crippen molar-refractivity contribution >= 4 is 11.6 Å². The molecule has 0 aliphatic carbocycles. The van der Waals surface area contributed by atoms with Gasteiger partial charge in [-0.2, -0.15) is 0 Å². The van der Waals surface area contributed by atoms with Crippen molar-refractivity contribution in [2.45, 2.75) is 19.9 Å². The summed E-state index contributed by atoms with van der Waals surface area (Å²) in [4.78, 5) is 12.1. The smallest absolute Gasteiger partial charge is 0.253 e. The maximum absolute atomic E-state index is 13.2. The number of nitrogen functional groups attached to an aromatic ring is 1. The third-order valence-corrected chi connectivity index (χ3v) is 3.15. The van der Waals surface area contributed by atoms with E-state index in [9.17, 15) is 9.18 Å². The Labute approximate surface area is 117 Å². The summed E-state index contributed by atoms with van der Waals surface area (Å²) >= 11 is 0. The summed E-state index contributed by atoms with van der Waals surface area (Å²) < 4.78 is 13.2. The second-order valence-corrected chi connectivity index (χ2v) is 4.84. The second kappa shape index (κ2) is 5.74. The number of carbonyl (C=O) groups excluding carboxylic acids is 1. The molecule has 20 heavy (non-hydrogen) atoms. The topological polar surface area (TPSA) is 55.1 Å². The van der Waals surface area contributed by atoms with Crippen LogP contribution in [0.4, 0.5) is 10.1 Å². The summed E-state index contributed by atoms with van der Waals surface area (Å²) in [5, 5.41) is 2.82. The average Bonchev–Trinajstić information content (AvgIpc) is 2.41. The summed E-state index contributed by atoms with van der Waals surface area (Å²) in [6, 6.07) is 11.5. The number of benzene rings is 2. The Morgan fingerprint density at radius 3 is 2.70 bits per heavy atom. The van der Waals surface area contributed by atoms with Gasteiger partial charge < -0.3 is 11.1 Å². The molecule has 0 heterocycles. The Balaban J connectivity index is 2.17. The Bertz CT molecular complexity index is 640. The lowest BCUT2D eigenvalue weighted by molar-refractivity contribution is 0.0940. The minimum absolute atomic E-state index is 0.157. The fourth-order valence-electron chi connectivity index (χ4n) is 2.02. The SMILES string of the molecule is Cc1cccc([C@H](C)NC(=O)c2cc(F)ccc2N)c1. The quantitative estimate of drug-likeness (QED) is 0.843. The van der Waals surface area contributed by atoms with Gasteiger partial charge in [-0.25, -0.2) is 4.39 Å². The highest BCUT2D eigenvalue weighted by Gasteiger charge is 2.14. The Hall–Kier alpha value is -2.36. The van der Waals surface area contributed by atoms with Crippen LogP contribution in [0, 0.1) is 12.7 Å². The van der Waals surface area contributed by atoms with Crippen LogP contribution in [-0.2, 0) is 0 Å². The van der Waals surface area contributed by atoms with Crippen molar-refractivity contribution in [3.63, 3.8) is 0 Å². The van der Waals surface area contributed by atoms with Gasteiger partial charge in [-0.05, 0) is 37.6 Å². The highest BCUT2D eigenvalue weighted by atomic mass is 19.1. The van der Waals surface area contributed by atoms with Gasteiger partial charge >= 0.3 is 0 Å². The molecular formula is C16H17FN2O. The van der Waals surface area contributed by atoms with Crippen molar-refractivity contribution in [3.05, 3.63) is 65.0 Å². The molecule has 3 N–H and O–H groups in total. The van der Waals surface area contributed by atoms with Crippen molar-refractivity contribution in [1.29, 1.82) is 0 Å². The molecule has 0 radical (unpaired) electrons. The lowest BCUT2D eigenvalue weighted by Gasteiger charge is -2.15. The molecule has 104 valence electrons. The van der Waals surface area contributed by atoms with E-state index in [0.717, 1.165) is 17.2 Å². The number of nitrogens with one attached hydrogen (secondary N) is 1. The Morgan fingerprint density at radius 2 is 2.00 bits per heavy atom. The van der Waals surface area contributed by atoms with Crippen LogP contribution in [0.5, 0.6) is 0 Å². The predicted octanol–water partition coefficient (Wildman–Crippen LogP) is 3.21. The molecule has 0 aliphatic heterocycles. The molecule has 2 aromatic rings. The van der Waals surface area contributed by atoms with E-state index in [4.69, 9.17) is 5.73 Å². The van der Waals surface area contributed by atoms with Crippen LogP contribution in [0.15, 0.2) is 42.5 Å². The van der Waals surface area contributed by atoms with E-state index >= 15 is 0 Å². The standard InChI is InChI=1S/C16H17FN2O/c1-10-4-3-5-12(8-10)11(2)19-16(20)14-9-13(17)6-7-15(14)18/h3-9,11H,18H2,1-2H3,(H,19,20)/t11-/m0/s1. The van der Waals surface area contributed by atoms with E-state index in [1.54, 1.807) is 0 Å². The van der Waals surface area contributed by atoms with Gasteiger partial charge in [0, 0.05) is 5.69 Å². The lowest BCUT2D eigenvalue weighted by Crippen LogP contribution is -2.27. The number of hydrogen-bond donors (Lipinski definition) is 2. The Morgan fingerprint density at radius 1 is 1.25 bits per heavy atom. The number of amides is 1. The van der Waals surface area contributed by atoms with E-state index in [-0.39, 0.29) is 23.2 Å². The first-order chi connectivity index (χ1) is 9.47. The van der Waals surface area contributed by atoms with E-state index in [0.29, 0.717) is 0 Å². The zero-order valence-electron chi connectivity index (χ0n) is 11.5. The number of halogens is 1. The van der Waals surface area contributed by atoms with Crippen LogP contribution < -0.4 is 11.1 Å². The highest BCUT2D eigenvalue weighted by Crippen LogP contribution is 2.17. The van der Waals surface area contributed by atoms with Crippen molar-refractivity contribution in [3.8, 4) is 0 Å². The molecule has 0 saturated heterocycles. The molecule has 1 amide bonds. The van der Waals surface area contributed by atoms with Crippen LogP contribution in [0.3, 0.4) is 0 Å². The summed E-state index contributed by atoms with van der Waals surface area (Å²) in [7, 11) is 0. The summed E-state index contributed by atoms with van der Waals surface area (Å²) in [6.45, 7) is 3.87. The summed E-state index contributed by atoms with van der Waals surface area (Å²) in [5.74, 6) is -0.858. The van der Waals surface area contributed by atoms with E-state index in [1.807, 2.05) is 38.1 Å². The largest absolute Gasteiger partial charge is 0.398 e. The van der Waals surface area contributed by atoms with E-state index in [2.05, 4.69) is 5.32 Å². The zero-order valence-corrected chi connectivity index (χ0v) is 11.5. The van der Waals surface area contributed by atoms with Gasteiger partial charge in [0.2, 0.25) is 0 Å². The summed E-state index contributed by atoms with van der Waals surface area (Å²) in [6.07, 6.45) is 0. The molecular weight excluding hydrogens is 255 g/mol. The van der Waals surface area contributed by atoms with Gasteiger partial charge in [0.15, 0.2) is 0 Å². The third-order valence-electron chi connectivity index (χ3n) is 3.15. The number of carbonyl (C=O) groups is 1. The molecule has 0 aliphatic rings. The number of anilines is 1. The molecule has 0 unspecified atom stereocenters. The third kappa shape index (κ3) is 3.15. The molecule has 0 bridgehead atoms. The molecule has 4 heteroatoms. The van der Waals surface area contributed by atoms with Gasteiger partial charge in [-0.1, -0.05) is 29.8 Å². The second-order valence-electron chi connectivity index (χ2n) is 4.84. The van der Waals surface area contributed by atoms with Crippen LogP contribution in [0.2, 0.25) is 0 Å². The lowest BCUT2D eigenvalue weighted by atomic mass is 10.0. The number of rotatable bonds is 3. The van der Waals surface area contributed by atoms with Gasteiger partial charge in [-0.15, -0.1) is 0 Å².